The highest BCUT2D eigenvalue weighted by molar-refractivity contribution is 5.39. The van der Waals surface area contributed by atoms with E-state index in [2.05, 4.69) is 44.4 Å². The number of para-hydroxylation sites is 1. The molecule has 4 heteroatoms. The van der Waals surface area contributed by atoms with Gasteiger partial charge in [0.2, 0.25) is 0 Å². The maximum Gasteiger partial charge on any atom is 0.122 e. The minimum atomic E-state index is 0.238. The van der Waals surface area contributed by atoms with Crippen LogP contribution in [0, 0.1) is 5.92 Å². The molecule has 1 aromatic carbocycles. The van der Waals surface area contributed by atoms with Gasteiger partial charge >= 0.3 is 0 Å². The van der Waals surface area contributed by atoms with E-state index in [4.69, 9.17) is 9.15 Å². The van der Waals surface area contributed by atoms with Gasteiger partial charge in [0.1, 0.15) is 11.5 Å². The van der Waals surface area contributed by atoms with Gasteiger partial charge in [0.25, 0.3) is 0 Å². The van der Waals surface area contributed by atoms with E-state index < -0.39 is 0 Å². The van der Waals surface area contributed by atoms with Crippen LogP contribution < -0.4 is 15.0 Å². The Balaban J connectivity index is 1.68. The minimum Gasteiger partial charge on any atom is -0.496 e. The second-order valence-electron chi connectivity index (χ2n) is 7.95. The van der Waals surface area contributed by atoms with Gasteiger partial charge in [-0.05, 0) is 25.1 Å². The average molecular weight is 359 g/mol. The Bertz CT molecular complexity index is 671. The number of piperidine rings is 1. The number of ether oxygens (including phenoxy) is 1. The standard InChI is InChI=1S/C22H32N2O2/c1-16-15-24(3)17(2)14-20(16)23-12-11-19(22-10-7-13-26-22)18-8-5-6-9-21(18)25-4/h5-10,13,16-17,19-20,23H,11-12,14-15H2,1-4H3/p+2/t16-,17+,19+,20-/m1/s1. The summed E-state index contributed by atoms with van der Waals surface area (Å²) in [6.45, 7) is 7.16. The van der Waals surface area contributed by atoms with E-state index >= 15 is 0 Å². The summed E-state index contributed by atoms with van der Waals surface area (Å²) >= 11 is 0. The molecule has 0 bridgehead atoms. The van der Waals surface area contributed by atoms with E-state index in [9.17, 15) is 0 Å². The Morgan fingerprint density at radius 1 is 1.23 bits per heavy atom. The summed E-state index contributed by atoms with van der Waals surface area (Å²) < 4.78 is 11.4. The fourth-order valence-corrected chi connectivity index (χ4v) is 4.40. The van der Waals surface area contributed by atoms with E-state index in [-0.39, 0.29) is 5.92 Å². The van der Waals surface area contributed by atoms with Gasteiger partial charge in [-0.2, -0.15) is 0 Å². The number of rotatable bonds is 7. The van der Waals surface area contributed by atoms with Gasteiger partial charge in [0.05, 0.1) is 63.9 Å². The van der Waals surface area contributed by atoms with Crippen LogP contribution in [0.2, 0.25) is 0 Å². The smallest absolute Gasteiger partial charge is 0.122 e. The first-order valence-corrected chi connectivity index (χ1v) is 9.92. The van der Waals surface area contributed by atoms with E-state index in [0.29, 0.717) is 0 Å². The molecule has 1 fully saturated rings. The number of nitrogens with two attached hydrogens (primary N) is 1. The van der Waals surface area contributed by atoms with Gasteiger partial charge in [-0.25, -0.2) is 0 Å². The molecule has 1 aliphatic rings. The van der Waals surface area contributed by atoms with Crippen molar-refractivity contribution < 1.29 is 19.4 Å². The molecule has 3 N–H and O–H groups in total. The zero-order valence-corrected chi connectivity index (χ0v) is 16.6. The second kappa shape index (κ2) is 8.74. The highest BCUT2D eigenvalue weighted by Crippen LogP contribution is 2.34. The molecule has 26 heavy (non-hydrogen) atoms. The lowest BCUT2D eigenvalue weighted by Gasteiger charge is -2.35. The maximum atomic E-state index is 5.77. The van der Waals surface area contributed by atoms with Gasteiger partial charge in [0, 0.05) is 12.0 Å². The number of furan rings is 1. The monoisotopic (exact) mass is 358 g/mol. The number of benzene rings is 1. The second-order valence-corrected chi connectivity index (χ2v) is 7.95. The highest BCUT2D eigenvalue weighted by atomic mass is 16.5. The Hall–Kier alpha value is -1.78. The van der Waals surface area contributed by atoms with Crippen molar-refractivity contribution in [3.8, 4) is 5.75 Å². The molecular weight excluding hydrogens is 324 g/mol. The lowest BCUT2D eigenvalue weighted by atomic mass is 9.88. The highest BCUT2D eigenvalue weighted by Gasteiger charge is 2.34. The Labute approximate surface area is 157 Å². The van der Waals surface area contributed by atoms with E-state index in [1.54, 1.807) is 18.3 Å². The molecule has 1 saturated heterocycles. The van der Waals surface area contributed by atoms with Gasteiger partial charge < -0.3 is 19.4 Å². The van der Waals surface area contributed by atoms with Crippen molar-refractivity contribution in [1.82, 2.24) is 0 Å². The van der Waals surface area contributed by atoms with Crippen LogP contribution >= 0.6 is 0 Å². The molecule has 0 aliphatic carbocycles. The number of quaternary nitrogens is 2. The summed E-state index contributed by atoms with van der Waals surface area (Å²) in [5, 5.41) is 2.57. The SMILES string of the molecule is COc1ccccc1[C@H](CC[NH2+][C@@H]1C[C@H](C)[NH+](C)C[C@H]1C)c1ccco1. The van der Waals surface area contributed by atoms with Crippen molar-refractivity contribution in [2.45, 2.75) is 44.7 Å². The summed E-state index contributed by atoms with van der Waals surface area (Å²) in [7, 11) is 4.07. The molecule has 0 spiro atoms. The maximum absolute atomic E-state index is 5.77. The number of nitrogens with one attached hydrogen (secondary N) is 1. The minimum absolute atomic E-state index is 0.238. The summed E-state index contributed by atoms with van der Waals surface area (Å²) in [4.78, 5) is 1.67. The number of hydrogen-bond donors (Lipinski definition) is 2. The largest absolute Gasteiger partial charge is 0.496 e. The Morgan fingerprint density at radius 3 is 2.77 bits per heavy atom. The van der Waals surface area contributed by atoms with Crippen LogP contribution in [-0.2, 0) is 0 Å². The van der Waals surface area contributed by atoms with Gasteiger partial charge in [0.15, 0.2) is 0 Å². The molecule has 0 saturated carbocycles. The van der Waals surface area contributed by atoms with Crippen LogP contribution in [0.25, 0.3) is 0 Å². The predicted molar refractivity (Wildman–Crippen MR) is 104 cm³/mol. The van der Waals surface area contributed by atoms with E-state index in [1.165, 1.54) is 18.5 Å². The van der Waals surface area contributed by atoms with Crippen molar-refractivity contribution in [3.63, 3.8) is 0 Å². The quantitative estimate of drug-likeness (QED) is 0.791. The van der Waals surface area contributed by atoms with Crippen LogP contribution in [-0.4, -0.2) is 39.3 Å². The topological polar surface area (TPSA) is 43.4 Å². The van der Waals surface area contributed by atoms with Gasteiger partial charge in [-0.3, -0.25) is 0 Å². The molecule has 1 aromatic heterocycles. The number of methoxy groups -OCH3 is 1. The van der Waals surface area contributed by atoms with Crippen LogP contribution in [0.3, 0.4) is 0 Å². The van der Waals surface area contributed by atoms with Crippen LogP contribution in [0.15, 0.2) is 47.1 Å². The lowest BCUT2D eigenvalue weighted by molar-refractivity contribution is -0.922. The van der Waals surface area contributed by atoms with Crippen LogP contribution in [0.1, 0.15) is 43.9 Å². The van der Waals surface area contributed by atoms with Crippen LogP contribution in [0.4, 0.5) is 0 Å². The van der Waals surface area contributed by atoms with Crippen molar-refractivity contribution in [2.24, 2.45) is 5.92 Å². The van der Waals surface area contributed by atoms with E-state index in [0.717, 1.165) is 42.5 Å². The average Bonchev–Trinajstić information content (AvgIpc) is 3.17. The molecule has 142 valence electrons. The first-order valence-electron chi connectivity index (χ1n) is 9.92. The third-order valence-corrected chi connectivity index (χ3v) is 6.17. The molecular formula is C22H34N2O2+2. The van der Waals surface area contributed by atoms with Gasteiger partial charge in [-0.1, -0.05) is 25.1 Å². The molecule has 0 amide bonds. The fraction of sp³-hybridized carbons (Fsp3) is 0.545. The number of likely N-dealkylation sites (tertiary alicyclic amines) is 1. The first kappa shape index (κ1) is 19.0. The summed E-state index contributed by atoms with van der Waals surface area (Å²) in [6, 6.07) is 13.9. The molecule has 0 radical (unpaired) electrons. The molecule has 2 heterocycles. The van der Waals surface area contributed by atoms with E-state index in [1.807, 2.05) is 18.2 Å². The first-order chi connectivity index (χ1) is 12.6. The predicted octanol–water partition coefficient (Wildman–Crippen LogP) is 1.69. The summed E-state index contributed by atoms with van der Waals surface area (Å²) in [6.07, 6.45) is 4.12. The molecule has 1 aliphatic heterocycles. The van der Waals surface area contributed by atoms with Crippen molar-refractivity contribution in [1.29, 1.82) is 0 Å². The summed E-state index contributed by atoms with van der Waals surface area (Å²) in [5.74, 6) is 2.97. The molecule has 1 unspecified atom stereocenters. The Kier molecular flexibility index (Phi) is 6.38. The molecule has 3 rings (SSSR count). The summed E-state index contributed by atoms with van der Waals surface area (Å²) in [5.41, 5.74) is 1.22. The molecule has 5 atom stereocenters. The third-order valence-electron chi connectivity index (χ3n) is 6.17. The zero-order valence-electron chi connectivity index (χ0n) is 16.6. The Morgan fingerprint density at radius 2 is 2.04 bits per heavy atom. The van der Waals surface area contributed by atoms with Crippen molar-refractivity contribution >= 4 is 0 Å². The fourth-order valence-electron chi connectivity index (χ4n) is 4.40. The number of hydrogen-bond acceptors (Lipinski definition) is 2. The van der Waals surface area contributed by atoms with Crippen molar-refractivity contribution in [3.05, 3.63) is 54.0 Å². The van der Waals surface area contributed by atoms with Crippen LogP contribution in [0.5, 0.6) is 5.75 Å². The third kappa shape index (κ3) is 4.30. The van der Waals surface area contributed by atoms with Gasteiger partial charge in [-0.15, -0.1) is 0 Å². The zero-order chi connectivity index (χ0) is 18.5. The lowest BCUT2D eigenvalue weighted by Crippen LogP contribution is -3.16. The molecule has 4 nitrogen and oxygen atoms in total. The van der Waals surface area contributed by atoms with Crippen molar-refractivity contribution in [2.75, 3.05) is 27.2 Å². The normalized spacial score (nSPS) is 27.2. The molecule has 2 aromatic rings.